The van der Waals surface area contributed by atoms with E-state index in [0.29, 0.717) is 13.0 Å². The zero-order valence-corrected chi connectivity index (χ0v) is 6.19. The Bertz CT molecular complexity index is 50.9. The van der Waals surface area contributed by atoms with E-state index in [2.05, 4.69) is 0 Å². The summed E-state index contributed by atoms with van der Waals surface area (Å²) in [6, 6.07) is 0. The van der Waals surface area contributed by atoms with E-state index < -0.39 is 6.17 Å². The van der Waals surface area contributed by atoms with Crippen molar-refractivity contribution in [3.05, 3.63) is 0 Å². The molecule has 1 atom stereocenters. The van der Waals surface area contributed by atoms with Gasteiger partial charge in [-0.05, 0) is 12.8 Å². The van der Waals surface area contributed by atoms with Crippen LogP contribution in [-0.2, 0) is 4.74 Å². The second-order valence-electron chi connectivity index (χ2n) is 1.81. The van der Waals surface area contributed by atoms with Crippen molar-refractivity contribution < 1.29 is 9.13 Å². The zero-order valence-electron chi connectivity index (χ0n) is 6.19. The number of rotatable bonds is 0. The van der Waals surface area contributed by atoms with Gasteiger partial charge in [-0.2, -0.15) is 0 Å². The average molecular weight is 134 g/mol. The molecule has 1 aliphatic rings. The molecule has 0 aromatic heterocycles. The second-order valence-corrected chi connectivity index (χ2v) is 1.81. The standard InChI is InChI=1S/C5H9FO.C2H6/c6-5-2-1-3-7-4-5;1-2/h5H,1-4H2;1-2H3. The first-order valence-corrected chi connectivity index (χ1v) is 3.61. The fraction of sp³-hybridized carbons (Fsp3) is 1.00. The monoisotopic (exact) mass is 134 g/mol. The van der Waals surface area contributed by atoms with E-state index in [9.17, 15) is 4.39 Å². The fourth-order valence-corrected chi connectivity index (χ4v) is 0.701. The topological polar surface area (TPSA) is 9.23 Å². The molecule has 0 aliphatic carbocycles. The summed E-state index contributed by atoms with van der Waals surface area (Å²) in [7, 11) is 0. The highest BCUT2D eigenvalue weighted by Crippen LogP contribution is 2.07. The van der Waals surface area contributed by atoms with E-state index in [1.807, 2.05) is 13.8 Å². The van der Waals surface area contributed by atoms with Gasteiger partial charge in [0.25, 0.3) is 0 Å². The van der Waals surface area contributed by atoms with Gasteiger partial charge in [-0.25, -0.2) is 4.39 Å². The van der Waals surface area contributed by atoms with Gasteiger partial charge in [0, 0.05) is 6.61 Å². The van der Waals surface area contributed by atoms with E-state index in [-0.39, 0.29) is 0 Å². The Kier molecular flexibility index (Phi) is 5.94. The highest BCUT2D eigenvalue weighted by molar-refractivity contribution is 4.58. The molecular weight excluding hydrogens is 119 g/mol. The number of hydrogen-bond acceptors (Lipinski definition) is 1. The first kappa shape index (κ1) is 8.89. The number of ether oxygens (including phenoxy) is 1. The Morgan fingerprint density at radius 3 is 2.33 bits per heavy atom. The minimum absolute atomic E-state index is 0.319. The van der Waals surface area contributed by atoms with Crippen LogP contribution in [0.3, 0.4) is 0 Å². The molecular formula is C7H15FO. The Morgan fingerprint density at radius 2 is 2.11 bits per heavy atom. The molecule has 1 saturated heterocycles. The molecule has 0 spiro atoms. The van der Waals surface area contributed by atoms with Gasteiger partial charge in [0.05, 0.1) is 6.61 Å². The summed E-state index contributed by atoms with van der Waals surface area (Å²) >= 11 is 0. The molecule has 0 radical (unpaired) electrons. The zero-order chi connectivity index (χ0) is 7.11. The fourth-order valence-electron chi connectivity index (χ4n) is 0.701. The Labute approximate surface area is 56.2 Å². The Balaban J connectivity index is 0.000000291. The van der Waals surface area contributed by atoms with Crippen molar-refractivity contribution in [3.63, 3.8) is 0 Å². The maximum Gasteiger partial charge on any atom is 0.123 e. The molecule has 1 fully saturated rings. The summed E-state index contributed by atoms with van der Waals surface area (Å²) in [5.41, 5.74) is 0. The van der Waals surface area contributed by atoms with Crippen LogP contribution in [0.2, 0.25) is 0 Å². The van der Waals surface area contributed by atoms with Crippen molar-refractivity contribution in [3.8, 4) is 0 Å². The van der Waals surface area contributed by atoms with Crippen molar-refractivity contribution in [1.29, 1.82) is 0 Å². The molecule has 1 nitrogen and oxygen atoms in total. The maximum absolute atomic E-state index is 12.1. The average Bonchev–Trinajstić information content (AvgIpc) is 1.94. The highest BCUT2D eigenvalue weighted by Gasteiger charge is 2.10. The molecule has 1 aliphatic heterocycles. The predicted octanol–water partition coefficient (Wildman–Crippen LogP) is 2.16. The summed E-state index contributed by atoms with van der Waals surface area (Å²) in [5.74, 6) is 0. The molecule has 2 heteroatoms. The van der Waals surface area contributed by atoms with E-state index >= 15 is 0 Å². The molecule has 0 aromatic carbocycles. The lowest BCUT2D eigenvalue weighted by Gasteiger charge is -2.13. The van der Waals surface area contributed by atoms with Crippen molar-refractivity contribution >= 4 is 0 Å². The lowest BCUT2D eigenvalue weighted by molar-refractivity contribution is 0.0366. The van der Waals surface area contributed by atoms with Crippen molar-refractivity contribution in [1.82, 2.24) is 0 Å². The molecule has 1 unspecified atom stereocenters. The summed E-state index contributed by atoms with van der Waals surface area (Å²) in [6.45, 7) is 5.07. The predicted molar refractivity (Wildman–Crippen MR) is 36.3 cm³/mol. The lowest BCUT2D eigenvalue weighted by atomic mass is 10.2. The van der Waals surface area contributed by atoms with E-state index in [1.54, 1.807) is 0 Å². The molecule has 0 N–H and O–H groups in total. The van der Waals surface area contributed by atoms with Crippen LogP contribution in [0.25, 0.3) is 0 Å². The van der Waals surface area contributed by atoms with Gasteiger partial charge in [0.1, 0.15) is 6.17 Å². The molecule has 9 heavy (non-hydrogen) atoms. The first-order chi connectivity index (χ1) is 4.39. The molecule has 1 heterocycles. The minimum Gasteiger partial charge on any atom is -0.378 e. The Hall–Kier alpha value is -0.110. The summed E-state index contributed by atoms with van der Waals surface area (Å²) in [6.07, 6.45) is 0.898. The Morgan fingerprint density at radius 1 is 1.44 bits per heavy atom. The first-order valence-electron chi connectivity index (χ1n) is 3.61. The van der Waals surface area contributed by atoms with Gasteiger partial charge in [0.15, 0.2) is 0 Å². The van der Waals surface area contributed by atoms with Crippen LogP contribution in [0, 0.1) is 0 Å². The normalized spacial score (nSPS) is 26.3. The van der Waals surface area contributed by atoms with E-state index in [0.717, 1.165) is 13.0 Å². The summed E-state index contributed by atoms with van der Waals surface area (Å²) in [5, 5.41) is 0. The highest BCUT2D eigenvalue weighted by atomic mass is 19.1. The second kappa shape index (κ2) is 6.02. The van der Waals surface area contributed by atoms with Gasteiger partial charge >= 0.3 is 0 Å². The summed E-state index contributed by atoms with van der Waals surface area (Å²) in [4.78, 5) is 0. The molecule has 0 aromatic rings. The van der Waals surface area contributed by atoms with Gasteiger partial charge < -0.3 is 4.74 Å². The number of alkyl halides is 1. The van der Waals surface area contributed by atoms with Crippen LogP contribution in [-0.4, -0.2) is 19.4 Å². The quantitative estimate of drug-likeness (QED) is 0.493. The van der Waals surface area contributed by atoms with Crippen molar-refractivity contribution in [2.75, 3.05) is 13.2 Å². The smallest absolute Gasteiger partial charge is 0.123 e. The van der Waals surface area contributed by atoms with Crippen LogP contribution < -0.4 is 0 Å². The van der Waals surface area contributed by atoms with Crippen LogP contribution in [0.4, 0.5) is 4.39 Å². The largest absolute Gasteiger partial charge is 0.378 e. The third kappa shape index (κ3) is 4.40. The van der Waals surface area contributed by atoms with E-state index in [4.69, 9.17) is 4.74 Å². The molecule has 0 amide bonds. The molecule has 1 rings (SSSR count). The number of hydrogen-bond donors (Lipinski definition) is 0. The minimum atomic E-state index is -0.686. The van der Waals surface area contributed by atoms with Crippen LogP contribution in [0.15, 0.2) is 0 Å². The number of halogens is 1. The lowest BCUT2D eigenvalue weighted by Crippen LogP contribution is -2.17. The molecule has 56 valence electrons. The van der Waals surface area contributed by atoms with Gasteiger partial charge in [0.2, 0.25) is 0 Å². The van der Waals surface area contributed by atoms with Gasteiger partial charge in [-0.3, -0.25) is 0 Å². The SMILES string of the molecule is CC.FC1CCCOC1. The van der Waals surface area contributed by atoms with E-state index in [1.165, 1.54) is 0 Å². The van der Waals surface area contributed by atoms with Crippen LogP contribution in [0.1, 0.15) is 26.7 Å². The van der Waals surface area contributed by atoms with Crippen molar-refractivity contribution in [2.45, 2.75) is 32.9 Å². The van der Waals surface area contributed by atoms with Crippen LogP contribution in [0.5, 0.6) is 0 Å². The third-order valence-electron chi connectivity index (χ3n) is 1.10. The van der Waals surface area contributed by atoms with Crippen molar-refractivity contribution in [2.24, 2.45) is 0 Å². The third-order valence-corrected chi connectivity index (χ3v) is 1.10. The van der Waals surface area contributed by atoms with Crippen LogP contribution >= 0.6 is 0 Å². The van der Waals surface area contributed by atoms with Gasteiger partial charge in [-0.1, -0.05) is 13.8 Å². The molecule has 0 saturated carbocycles. The maximum atomic E-state index is 12.1. The van der Waals surface area contributed by atoms with Gasteiger partial charge in [-0.15, -0.1) is 0 Å². The summed E-state index contributed by atoms with van der Waals surface area (Å²) < 4.78 is 16.9. The molecule has 0 bridgehead atoms.